The third-order valence-electron chi connectivity index (χ3n) is 9.90. The molecule has 0 spiro atoms. The lowest BCUT2D eigenvalue weighted by Crippen LogP contribution is -2.11. The Morgan fingerprint density at radius 3 is 1.62 bits per heavy atom. The topological polar surface area (TPSA) is 16.1 Å². The van der Waals surface area contributed by atoms with Gasteiger partial charge < -0.3 is 4.90 Å². The Kier molecular flexibility index (Phi) is 7.90. The average molecular weight is 713 g/mol. The zero-order chi connectivity index (χ0) is 35.1. The fraction of sp³-hybridized carbons (Fsp3) is 0. The minimum Gasteiger partial charge on any atom is -0.310 e. The molecular weight excluding hydrogens is 681 g/mol. The summed E-state index contributed by atoms with van der Waals surface area (Å²) in [7, 11) is 0. The van der Waals surface area contributed by atoms with Gasteiger partial charge in [-0.25, -0.2) is 4.98 Å². The highest BCUT2D eigenvalue weighted by atomic mass is 32.1. The molecule has 0 bridgehead atoms. The van der Waals surface area contributed by atoms with Crippen LogP contribution >= 0.6 is 22.7 Å². The van der Waals surface area contributed by atoms with Gasteiger partial charge in [-0.1, -0.05) is 140 Å². The van der Waals surface area contributed by atoms with Crippen LogP contribution in [-0.2, 0) is 0 Å². The number of aromatic nitrogens is 1. The Hall–Kier alpha value is -6.33. The molecule has 0 N–H and O–H groups in total. The molecule has 0 amide bonds. The summed E-state index contributed by atoms with van der Waals surface area (Å²) in [6.07, 6.45) is 0. The number of rotatable bonds is 7. The van der Waals surface area contributed by atoms with Gasteiger partial charge in [-0.3, -0.25) is 0 Å². The highest BCUT2D eigenvalue weighted by Gasteiger charge is 2.19. The van der Waals surface area contributed by atoms with Crippen molar-refractivity contribution in [1.29, 1.82) is 0 Å². The first-order valence-corrected chi connectivity index (χ1v) is 19.4. The summed E-state index contributed by atoms with van der Waals surface area (Å²) in [5, 5.41) is 3.65. The quantitative estimate of drug-likeness (QED) is 0.164. The summed E-state index contributed by atoms with van der Waals surface area (Å²) in [6, 6.07) is 69.8. The molecule has 0 radical (unpaired) electrons. The predicted molar refractivity (Wildman–Crippen MR) is 229 cm³/mol. The second kappa shape index (κ2) is 13.3. The highest BCUT2D eigenvalue weighted by Crippen LogP contribution is 2.45. The Labute approximate surface area is 316 Å². The van der Waals surface area contributed by atoms with E-state index in [1.807, 2.05) is 11.3 Å². The summed E-state index contributed by atoms with van der Waals surface area (Å²) >= 11 is 3.62. The highest BCUT2D eigenvalue weighted by molar-refractivity contribution is 7.26. The van der Waals surface area contributed by atoms with Crippen molar-refractivity contribution < 1.29 is 0 Å². The van der Waals surface area contributed by atoms with Gasteiger partial charge in [-0.2, -0.15) is 0 Å². The van der Waals surface area contributed by atoms with E-state index in [0.29, 0.717) is 0 Å². The molecule has 10 rings (SSSR count). The molecule has 2 nitrogen and oxygen atoms in total. The molecule has 0 unspecified atom stereocenters. The zero-order valence-electron chi connectivity index (χ0n) is 28.7. The molecule has 0 atom stereocenters. The summed E-state index contributed by atoms with van der Waals surface area (Å²) in [5.74, 6) is 0. The van der Waals surface area contributed by atoms with Crippen LogP contribution in [0.2, 0.25) is 0 Å². The van der Waals surface area contributed by atoms with E-state index >= 15 is 0 Å². The molecule has 4 heteroatoms. The van der Waals surface area contributed by atoms with Gasteiger partial charge in [0, 0.05) is 42.7 Å². The fourth-order valence-electron chi connectivity index (χ4n) is 7.28. The van der Waals surface area contributed by atoms with E-state index in [4.69, 9.17) is 4.98 Å². The molecule has 0 aliphatic carbocycles. The standard InChI is InChI=1S/C49H32N2S2/c1-5-13-33(14-6-1)34-21-25-40(26-22-34)51(39-19-11-4-12-20-39)45-28-24-37(29-42(45)35-15-7-2-8-16-35)38-23-27-41-43-31-48-44(32-47(43)52-46(41)30-38)50-49(53-48)36-17-9-3-10-18-36/h1-32H. The van der Waals surface area contributed by atoms with Crippen molar-refractivity contribution in [1.82, 2.24) is 4.98 Å². The number of thiophene rings is 1. The van der Waals surface area contributed by atoms with Crippen molar-refractivity contribution in [2.24, 2.45) is 0 Å². The van der Waals surface area contributed by atoms with Gasteiger partial charge in [0.05, 0.1) is 15.9 Å². The summed E-state index contributed by atoms with van der Waals surface area (Å²) in [5.41, 5.74) is 12.7. The second-order valence-electron chi connectivity index (χ2n) is 13.2. The molecule has 2 heterocycles. The number of nitrogens with zero attached hydrogens (tertiary/aromatic N) is 2. The minimum atomic E-state index is 1.06. The monoisotopic (exact) mass is 712 g/mol. The normalized spacial score (nSPS) is 11.4. The van der Waals surface area contributed by atoms with E-state index in [0.717, 1.165) is 27.6 Å². The van der Waals surface area contributed by atoms with Gasteiger partial charge in [0.25, 0.3) is 0 Å². The third kappa shape index (κ3) is 5.88. The van der Waals surface area contributed by atoms with Crippen molar-refractivity contribution in [2.75, 3.05) is 4.90 Å². The molecule has 0 saturated carbocycles. The number of hydrogen-bond acceptors (Lipinski definition) is 4. The van der Waals surface area contributed by atoms with Crippen LogP contribution in [0.5, 0.6) is 0 Å². The molecule has 0 saturated heterocycles. The number of benzene rings is 8. The maximum absolute atomic E-state index is 5.01. The Balaban J connectivity index is 1.07. The first-order chi connectivity index (χ1) is 26.2. The smallest absolute Gasteiger partial charge is 0.124 e. The summed E-state index contributed by atoms with van der Waals surface area (Å²) < 4.78 is 3.78. The van der Waals surface area contributed by atoms with Crippen LogP contribution in [0.1, 0.15) is 0 Å². The van der Waals surface area contributed by atoms with E-state index in [9.17, 15) is 0 Å². The first kappa shape index (κ1) is 31.4. The fourth-order valence-corrected chi connectivity index (χ4v) is 9.43. The number of hydrogen-bond donors (Lipinski definition) is 0. The van der Waals surface area contributed by atoms with Crippen LogP contribution in [0.4, 0.5) is 17.1 Å². The maximum atomic E-state index is 5.01. The molecule has 0 aliphatic rings. The van der Waals surface area contributed by atoms with Gasteiger partial charge in [-0.05, 0) is 82.4 Å². The molecule has 10 aromatic rings. The molecular formula is C49H32N2S2. The summed E-state index contributed by atoms with van der Waals surface area (Å²) in [4.78, 5) is 7.39. The third-order valence-corrected chi connectivity index (χ3v) is 12.1. The van der Waals surface area contributed by atoms with Crippen molar-refractivity contribution in [3.05, 3.63) is 194 Å². The predicted octanol–water partition coefficient (Wildman–Crippen LogP) is 14.8. The SMILES string of the molecule is c1ccc(-c2ccc(N(c3ccccc3)c3ccc(-c4ccc5c(c4)sc4cc6nc(-c7ccccc7)sc6cc45)cc3-c3ccccc3)cc2)cc1. The van der Waals surface area contributed by atoms with E-state index in [2.05, 4.69) is 199 Å². The lowest BCUT2D eigenvalue weighted by molar-refractivity contribution is 1.28. The zero-order valence-corrected chi connectivity index (χ0v) is 30.3. The van der Waals surface area contributed by atoms with E-state index < -0.39 is 0 Å². The lowest BCUT2D eigenvalue weighted by Gasteiger charge is -2.28. The van der Waals surface area contributed by atoms with Crippen LogP contribution in [0.15, 0.2) is 194 Å². The molecule has 8 aromatic carbocycles. The molecule has 53 heavy (non-hydrogen) atoms. The number of anilines is 3. The van der Waals surface area contributed by atoms with Gasteiger partial charge in [0.2, 0.25) is 0 Å². The Morgan fingerprint density at radius 2 is 0.906 bits per heavy atom. The molecule has 250 valence electrons. The Bertz CT molecular complexity index is 2860. The summed E-state index contributed by atoms with van der Waals surface area (Å²) in [6.45, 7) is 0. The average Bonchev–Trinajstić information content (AvgIpc) is 3.82. The van der Waals surface area contributed by atoms with Gasteiger partial charge >= 0.3 is 0 Å². The van der Waals surface area contributed by atoms with Gasteiger partial charge in [0.15, 0.2) is 0 Å². The van der Waals surface area contributed by atoms with Crippen LogP contribution in [0, 0.1) is 0 Å². The first-order valence-electron chi connectivity index (χ1n) is 17.8. The van der Waals surface area contributed by atoms with Crippen LogP contribution in [0.25, 0.3) is 74.3 Å². The molecule has 0 fully saturated rings. The minimum absolute atomic E-state index is 1.06. The largest absolute Gasteiger partial charge is 0.310 e. The van der Waals surface area contributed by atoms with Crippen molar-refractivity contribution in [3.63, 3.8) is 0 Å². The van der Waals surface area contributed by atoms with Gasteiger partial charge in [-0.15, -0.1) is 22.7 Å². The van der Waals surface area contributed by atoms with Gasteiger partial charge in [0.1, 0.15) is 5.01 Å². The molecule has 0 aliphatic heterocycles. The molecule has 2 aromatic heterocycles. The van der Waals surface area contributed by atoms with Crippen molar-refractivity contribution in [3.8, 4) is 44.0 Å². The van der Waals surface area contributed by atoms with Crippen LogP contribution in [0.3, 0.4) is 0 Å². The number of para-hydroxylation sites is 1. The maximum Gasteiger partial charge on any atom is 0.124 e. The van der Waals surface area contributed by atoms with Crippen molar-refractivity contribution >= 4 is 70.1 Å². The number of thiazole rings is 1. The lowest BCUT2D eigenvalue weighted by atomic mass is 9.95. The number of fused-ring (bicyclic) bond motifs is 4. The van der Waals surface area contributed by atoms with Crippen LogP contribution < -0.4 is 4.90 Å². The van der Waals surface area contributed by atoms with E-state index in [-0.39, 0.29) is 0 Å². The second-order valence-corrected chi connectivity index (χ2v) is 15.3. The Morgan fingerprint density at radius 1 is 0.358 bits per heavy atom. The van der Waals surface area contributed by atoms with E-state index in [1.54, 1.807) is 11.3 Å². The van der Waals surface area contributed by atoms with Crippen LogP contribution in [-0.4, -0.2) is 4.98 Å². The van der Waals surface area contributed by atoms with E-state index in [1.165, 1.54) is 63.8 Å². The van der Waals surface area contributed by atoms with Crippen molar-refractivity contribution in [2.45, 2.75) is 0 Å².